The first-order valence-corrected chi connectivity index (χ1v) is 11.8. The number of hydrogen-bond acceptors (Lipinski definition) is 3. The smallest absolute Gasteiger partial charge is 0.315 e. The van der Waals surface area contributed by atoms with Gasteiger partial charge in [0.15, 0.2) is 11.6 Å². The van der Waals surface area contributed by atoms with E-state index in [1.54, 1.807) is 10.7 Å². The predicted octanol–water partition coefficient (Wildman–Crippen LogP) is 5.95. The Kier molecular flexibility index (Phi) is 7.92. The van der Waals surface area contributed by atoms with E-state index in [9.17, 15) is 18.4 Å². The first kappa shape index (κ1) is 25.6. The molecule has 1 heterocycles. The second-order valence-corrected chi connectivity index (χ2v) is 8.91. The van der Waals surface area contributed by atoms with Gasteiger partial charge >= 0.3 is 6.03 Å². The molecule has 0 unspecified atom stereocenters. The van der Waals surface area contributed by atoms with Crippen molar-refractivity contribution in [2.45, 2.75) is 13.8 Å². The van der Waals surface area contributed by atoms with Crippen LogP contribution < -0.4 is 10.6 Å². The third kappa shape index (κ3) is 6.58. The van der Waals surface area contributed by atoms with E-state index in [4.69, 9.17) is 0 Å². The Morgan fingerprint density at radius 3 is 2.22 bits per heavy atom. The number of hydrogen-bond donors (Lipinski definition) is 2. The average molecular weight is 504 g/mol. The highest BCUT2D eigenvalue weighted by molar-refractivity contribution is 5.97. The monoisotopic (exact) mass is 503 g/mol. The fourth-order valence-corrected chi connectivity index (χ4v) is 3.78. The summed E-state index contributed by atoms with van der Waals surface area (Å²) < 4.78 is 28.5. The van der Waals surface area contributed by atoms with Crippen molar-refractivity contribution in [1.82, 2.24) is 14.7 Å². The minimum absolute atomic E-state index is 0.0584. The zero-order valence-electron chi connectivity index (χ0n) is 20.5. The molecule has 7 nitrogen and oxygen atoms in total. The van der Waals surface area contributed by atoms with E-state index in [1.807, 2.05) is 74.5 Å². The molecule has 0 spiro atoms. The molecule has 4 aromatic rings. The molecular formula is C28H27F2N5O2. The van der Waals surface area contributed by atoms with Crippen LogP contribution in [0, 0.1) is 17.6 Å². The number of anilines is 2. The molecule has 2 N–H and O–H groups in total. The second-order valence-electron chi connectivity index (χ2n) is 8.91. The minimum atomic E-state index is -1.07. The van der Waals surface area contributed by atoms with Crippen molar-refractivity contribution in [2.24, 2.45) is 5.92 Å². The largest absolute Gasteiger partial charge is 0.322 e. The number of carbonyl (C=O) groups is 2. The third-order valence-electron chi connectivity index (χ3n) is 5.43. The van der Waals surface area contributed by atoms with Gasteiger partial charge in [-0.05, 0) is 30.2 Å². The van der Waals surface area contributed by atoms with E-state index in [2.05, 4.69) is 15.7 Å². The summed E-state index contributed by atoms with van der Waals surface area (Å²) in [6, 6.07) is 23.2. The van der Waals surface area contributed by atoms with E-state index < -0.39 is 23.6 Å². The van der Waals surface area contributed by atoms with Crippen molar-refractivity contribution in [2.75, 3.05) is 23.7 Å². The first-order valence-electron chi connectivity index (χ1n) is 11.8. The Morgan fingerprint density at radius 2 is 1.57 bits per heavy atom. The molecule has 37 heavy (non-hydrogen) atoms. The SMILES string of the molecule is CC(C)CN(CC(=O)Nc1cc(-c2ccccc2)nn1-c1ccccc1)C(=O)Nc1ccc(F)c(F)c1. The second kappa shape index (κ2) is 11.5. The number of rotatable bonds is 8. The number of carbonyl (C=O) groups excluding carboxylic acids is 2. The maximum absolute atomic E-state index is 13.6. The summed E-state index contributed by atoms with van der Waals surface area (Å²) in [6.45, 7) is 3.84. The maximum atomic E-state index is 13.6. The lowest BCUT2D eigenvalue weighted by Crippen LogP contribution is -2.42. The molecule has 3 aromatic carbocycles. The van der Waals surface area contributed by atoms with Gasteiger partial charge in [-0.3, -0.25) is 4.79 Å². The Hall–Kier alpha value is -4.53. The highest BCUT2D eigenvalue weighted by Gasteiger charge is 2.21. The number of nitrogens with zero attached hydrogens (tertiary/aromatic N) is 3. The molecule has 0 atom stereocenters. The number of halogens is 2. The van der Waals surface area contributed by atoms with E-state index in [0.717, 1.165) is 23.4 Å². The summed E-state index contributed by atoms with van der Waals surface area (Å²) >= 11 is 0. The lowest BCUT2D eigenvalue weighted by atomic mass is 10.1. The highest BCUT2D eigenvalue weighted by Crippen LogP contribution is 2.25. The molecule has 0 bridgehead atoms. The number of nitrogens with one attached hydrogen (secondary N) is 2. The van der Waals surface area contributed by atoms with Crippen molar-refractivity contribution < 1.29 is 18.4 Å². The van der Waals surface area contributed by atoms with Crippen molar-refractivity contribution >= 4 is 23.4 Å². The Bertz CT molecular complexity index is 1370. The topological polar surface area (TPSA) is 79.3 Å². The van der Waals surface area contributed by atoms with Crippen molar-refractivity contribution in [3.63, 3.8) is 0 Å². The molecule has 0 radical (unpaired) electrons. The normalized spacial score (nSPS) is 10.8. The van der Waals surface area contributed by atoms with Gasteiger partial charge in [0.1, 0.15) is 12.4 Å². The number of urea groups is 1. The molecule has 0 saturated carbocycles. The summed E-state index contributed by atoms with van der Waals surface area (Å²) in [4.78, 5) is 27.3. The number of aromatic nitrogens is 2. The standard InChI is InChI=1S/C28H27F2N5O2/c1-19(2)17-34(28(37)31-21-13-14-23(29)24(30)15-21)18-27(36)32-26-16-25(20-9-5-3-6-10-20)33-35(26)22-11-7-4-8-12-22/h3-16,19H,17-18H2,1-2H3,(H,31,37)(H,32,36). The van der Waals surface area contributed by atoms with E-state index in [0.29, 0.717) is 11.5 Å². The van der Waals surface area contributed by atoms with Gasteiger partial charge in [0.25, 0.3) is 0 Å². The minimum Gasteiger partial charge on any atom is -0.315 e. The lowest BCUT2D eigenvalue weighted by Gasteiger charge is -2.24. The molecule has 190 valence electrons. The van der Waals surface area contributed by atoms with Gasteiger partial charge in [-0.15, -0.1) is 0 Å². The molecule has 0 fully saturated rings. The van der Waals surface area contributed by atoms with Gasteiger partial charge in [0.2, 0.25) is 5.91 Å². The fraction of sp³-hybridized carbons (Fsp3) is 0.179. The van der Waals surface area contributed by atoms with Gasteiger partial charge < -0.3 is 15.5 Å². The van der Waals surface area contributed by atoms with Gasteiger partial charge in [-0.25, -0.2) is 18.3 Å². The summed E-state index contributed by atoms with van der Waals surface area (Å²) in [6.07, 6.45) is 0. The summed E-state index contributed by atoms with van der Waals surface area (Å²) in [7, 11) is 0. The Balaban J connectivity index is 1.55. The van der Waals surface area contributed by atoms with Crippen LogP contribution >= 0.6 is 0 Å². The van der Waals surface area contributed by atoms with Gasteiger partial charge in [-0.2, -0.15) is 5.10 Å². The molecule has 0 saturated heterocycles. The zero-order valence-corrected chi connectivity index (χ0v) is 20.5. The highest BCUT2D eigenvalue weighted by atomic mass is 19.2. The maximum Gasteiger partial charge on any atom is 0.322 e. The Morgan fingerprint density at radius 1 is 0.892 bits per heavy atom. The molecule has 0 aliphatic heterocycles. The summed E-state index contributed by atoms with van der Waals surface area (Å²) in [5.74, 6) is -2.02. The average Bonchev–Trinajstić information content (AvgIpc) is 3.30. The quantitative estimate of drug-likeness (QED) is 0.312. The number of benzene rings is 3. The van der Waals surface area contributed by atoms with Crippen LogP contribution in [0.3, 0.4) is 0 Å². The first-order chi connectivity index (χ1) is 17.8. The van der Waals surface area contributed by atoms with Gasteiger partial charge in [0.05, 0.1) is 11.4 Å². The molecule has 3 amide bonds. The van der Waals surface area contributed by atoms with Crippen LogP contribution in [0.5, 0.6) is 0 Å². The third-order valence-corrected chi connectivity index (χ3v) is 5.43. The fourth-order valence-electron chi connectivity index (χ4n) is 3.78. The zero-order chi connectivity index (χ0) is 26.4. The lowest BCUT2D eigenvalue weighted by molar-refractivity contribution is -0.116. The molecular weight excluding hydrogens is 476 g/mol. The van der Waals surface area contributed by atoms with Crippen LogP contribution in [0.15, 0.2) is 84.9 Å². The van der Waals surface area contributed by atoms with Crippen molar-refractivity contribution in [1.29, 1.82) is 0 Å². The van der Waals surface area contributed by atoms with Crippen LogP contribution in [0.4, 0.5) is 25.1 Å². The van der Waals surface area contributed by atoms with Crippen LogP contribution in [0.25, 0.3) is 16.9 Å². The summed E-state index contributed by atoms with van der Waals surface area (Å²) in [5.41, 5.74) is 2.41. The summed E-state index contributed by atoms with van der Waals surface area (Å²) in [5, 5.41) is 10.1. The molecule has 9 heteroatoms. The Labute approximate surface area is 213 Å². The molecule has 1 aromatic heterocycles. The van der Waals surface area contributed by atoms with E-state index >= 15 is 0 Å². The predicted molar refractivity (Wildman–Crippen MR) is 139 cm³/mol. The van der Waals surface area contributed by atoms with Crippen LogP contribution in [-0.4, -0.2) is 39.7 Å². The molecule has 0 aliphatic rings. The van der Waals surface area contributed by atoms with Crippen molar-refractivity contribution in [3.05, 3.63) is 96.6 Å². The molecule has 4 rings (SSSR count). The number of para-hydroxylation sites is 1. The molecule has 0 aliphatic carbocycles. The van der Waals surface area contributed by atoms with Crippen molar-refractivity contribution in [3.8, 4) is 16.9 Å². The van der Waals surface area contributed by atoms with Gasteiger partial charge in [0, 0.05) is 29.9 Å². The van der Waals surface area contributed by atoms with E-state index in [1.165, 1.54) is 11.0 Å². The number of amides is 3. The van der Waals surface area contributed by atoms with Gasteiger partial charge in [-0.1, -0.05) is 62.4 Å². The van der Waals surface area contributed by atoms with Crippen LogP contribution in [0.1, 0.15) is 13.8 Å². The van der Waals surface area contributed by atoms with Crippen LogP contribution in [-0.2, 0) is 4.79 Å². The van der Waals surface area contributed by atoms with Crippen LogP contribution in [0.2, 0.25) is 0 Å². The van der Waals surface area contributed by atoms with E-state index in [-0.39, 0.29) is 24.7 Å².